The lowest BCUT2D eigenvalue weighted by Crippen LogP contribution is -2.26. The minimum absolute atomic E-state index is 0.378. The Kier molecular flexibility index (Phi) is 3.84. The average molecular weight is 273 g/mol. The van der Waals surface area contributed by atoms with Crippen molar-refractivity contribution in [3.8, 4) is 16.9 Å². The number of benzene rings is 1. The number of rotatable bonds is 2. The number of carbonyl (C=O) groups is 1. The fraction of sp³-hybridized carbons (Fsp3) is 0.312. The van der Waals surface area contributed by atoms with Crippen LogP contribution in [0.3, 0.4) is 0 Å². The van der Waals surface area contributed by atoms with Crippen molar-refractivity contribution in [1.82, 2.24) is 4.57 Å². The molecule has 0 aliphatic heterocycles. The highest BCUT2D eigenvalue weighted by Gasteiger charge is 2.17. The van der Waals surface area contributed by atoms with Crippen LogP contribution in [0, 0.1) is 0 Å². The van der Waals surface area contributed by atoms with Crippen LogP contribution in [0.25, 0.3) is 11.1 Å². The zero-order valence-corrected chi connectivity index (χ0v) is 12.2. The monoisotopic (exact) mass is 273 g/mol. The van der Waals surface area contributed by atoms with E-state index in [1.54, 1.807) is 19.5 Å². The van der Waals surface area contributed by atoms with Gasteiger partial charge in [-0.15, -0.1) is 0 Å². The van der Waals surface area contributed by atoms with E-state index in [0.717, 1.165) is 16.9 Å². The van der Waals surface area contributed by atoms with Crippen LogP contribution in [0.1, 0.15) is 20.8 Å². The molecule has 106 valence electrons. The van der Waals surface area contributed by atoms with Gasteiger partial charge in [-0.2, -0.15) is 0 Å². The zero-order valence-electron chi connectivity index (χ0n) is 12.2. The number of hydrogen-bond donors (Lipinski definition) is 0. The molecule has 1 aromatic heterocycles. The van der Waals surface area contributed by atoms with Gasteiger partial charge in [0.15, 0.2) is 0 Å². The van der Waals surface area contributed by atoms with Crippen molar-refractivity contribution < 1.29 is 14.3 Å². The fourth-order valence-corrected chi connectivity index (χ4v) is 1.78. The topological polar surface area (TPSA) is 40.5 Å². The van der Waals surface area contributed by atoms with Crippen LogP contribution in [0.15, 0.2) is 42.7 Å². The minimum atomic E-state index is -0.498. The van der Waals surface area contributed by atoms with Crippen LogP contribution in [-0.4, -0.2) is 23.4 Å². The molecule has 0 saturated heterocycles. The van der Waals surface area contributed by atoms with Gasteiger partial charge in [-0.05, 0) is 50.1 Å². The molecule has 0 N–H and O–H groups in total. The molecule has 0 saturated carbocycles. The molecule has 1 heterocycles. The third-order valence-corrected chi connectivity index (χ3v) is 2.72. The van der Waals surface area contributed by atoms with Gasteiger partial charge >= 0.3 is 6.09 Å². The molecule has 0 aliphatic rings. The number of hydrogen-bond acceptors (Lipinski definition) is 3. The Balaban J connectivity index is 2.17. The Hall–Kier alpha value is -2.23. The van der Waals surface area contributed by atoms with E-state index in [-0.39, 0.29) is 6.09 Å². The lowest BCUT2D eigenvalue weighted by Gasteiger charge is -2.19. The molecule has 0 radical (unpaired) electrons. The van der Waals surface area contributed by atoms with E-state index < -0.39 is 5.60 Å². The molecule has 2 aromatic rings. The van der Waals surface area contributed by atoms with E-state index in [0.29, 0.717) is 0 Å². The number of ether oxygens (including phenoxy) is 2. The van der Waals surface area contributed by atoms with Crippen LogP contribution in [0.5, 0.6) is 5.75 Å². The summed E-state index contributed by atoms with van der Waals surface area (Å²) in [5, 5.41) is 0. The maximum atomic E-state index is 11.9. The second kappa shape index (κ2) is 5.41. The molecule has 20 heavy (non-hydrogen) atoms. The van der Waals surface area contributed by atoms with Gasteiger partial charge in [-0.25, -0.2) is 4.79 Å². The first kappa shape index (κ1) is 14.2. The van der Waals surface area contributed by atoms with Gasteiger partial charge in [-0.1, -0.05) is 12.1 Å². The summed E-state index contributed by atoms with van der Waals surface area (Å²) < 4.78 is 11.9. The van der Waals surface area contributed by atoms with Gasteiger partial charge in [0, 0.05) is 12.4 Å². The number of aromatic nitrogens is 1. The fourth-order valence-electron chi connectivity index (χ4n) is 1.78. The normalized spacial score (nSPS) is 11.2. The molecule has 0 bridgehead atoms. The average Bonchev–Trinajstić information content (AvgIpc) is 2.86. The first-order valence-electron chi connectivity index (χ1n) is 6.45. The Morgan fingerprint density at radius 2 is 1.70 bits per heavy atom. The maximum absolute atomic E-state index is 11.9. The predicted octanol–water partition coefficient (Wildman–Crippen LogP) is 3.95. The van der Waals surface area contributed by atoms with Crippen LogP contribution >= 0.6 is 0 Å². The third-order valence-electron chi connectivity index (χ3n) is 2.72. The largest absolute Gasteiger partial charge is 0.497 e. The second-order valence-corrected chi connectivity index (χ2v) is 5.52. The van der Waals surface area contributed by atoms with Crippen LogP contribution < -0.4 is 4.74 Å². The molecular formula is C16H19NO3. The quantitative estimate of drug-likeness (QED) is 0.832. The lowest BCUT2D eigenvalue weighted by atomic mass is 10.1. The van der Waals surface area contributed by atoms with E-state index in [1.807, 2.05) is 51.1 Å². The molecule has 4 heteroatoms. The molecule has 0 amide bonds. The molecule has 0 aliphatic carbocycles. The summed E-state index contributed by atoms with van der Waals surface area (Å²) in [7, 11) is 1.63. The molecular weight excluding hydrogens is 254 g/mol. The van der Waals surface area contributed by atoms with Gasteiger partial charge in [0.25, 0.3) is 0 Å². The van der Waals surface area contributed by atoms with Crippen molar-refractivity contribution in [3.05, 3.63) is 42.7 Å². The molecule has 0 atom stereocenters. The van der Waals surface area contributed by atoms with Gasteiger partial charge in [0.05, 0.1) is 7.11 Å². The van der Waals surface area contributed by atoms with Crippen molar-refractivity contribution in [2.75, 3.05) is 7.11 Å². The smallest absolute Gasteiger partial charge is 0.418 e. The highest BCUT2D eigenvalue weighted by molar-refractivity contribution is 5.74. The Labute approximate surface area is 118 Å². The Bertz CT molecular complexity index is 591. The van der Waals surface area contributed by atoms with Gasteiger partial charge in [0.1, 0.15) is 11.4 Å². The number of carbonyl (C=O) groups excluding carboxylic acids is 1. The standard InChI is InChI=1S/C16H19NO3/c1-16(2,3)20-15(18)17-10-9-13(11-17)12-5-7-14(19-4)8-6-12/h5-11H,1-4H3. The minimum Gasteiger partial charge on any atom is -0.497 e. The third kappa shape index (κ3) is 3.41. The van der Waals surface area contributed by atoms with Crippen molar-refractivity contribution in [2.45, 2.75) is 26.4 Å². The SMILES string of the molecule is COc1ccc(-c2ccn(C(=O)OC(C)(C)C)c2)cc1. The van der Waals surface area contributed by atoms with Crippen molar-refractivity contribution in [2.24, 2.45) is 0 Å². The van der Waals surface area contributed by atoms with Crippen LogP contribution in [0.4, 0.5) is 4.79 Å². The molecule has 4 nitrogen and oxygen atoms in total. The van der Waals surface area contributed by atoms with E-state index >= 15 is 0 Å². The predicted molar refractivity (Wildman–Crippen MR) is 78.1 cm³/mol. The lowest BCUT2D eigenvalue weighted by molar-refractivity contribution is 0.0537. The van der Waals surface area contributed by atoms with Crippen molar-refractivity contribution in [3.63, 3.8) is 0 Å². The van der Waals surface area contributed by atoms with E-state index in [2.05, 4.69) is 0 Å². The van der Waals surface area contributed by atoms with E-state index in [9.17, 15) is 4.79 Å². The summed E-state index contributed by atoms with van der Waals surface area (Å²) in [6.45, 7) is 5.54. The highest BCUT2D eigenvalue weighted by Crippen LogP contribution is 2.23. The highest BCUT2D eigenvalue weighted by atomic mass is 16.6. The molecule has 0 spiro atoms. The van der Waals surface area contributed by atoms with Crippen molar-refractivity contribution in [1.29, 1.82) is 0 Å². The maximum Gasteiger partial charge on any atom is 0.418 e. The van der Waals surface area contributed by atoms with Gasteiger partial charge in [0.2, 0.25) is 0 Å². The summed E-state index contributed by atoms with van der Waals surface area (Å²) in [5.74, 6) is 0.806. The second-order valence-electron chi connectivity index (χ2n) is 5.52. The van der Waals surface area contributed by atoms with Crippen molar-refractivity contribution >= 4 is 6.09 Å². The van der Waals surface area contributed by atoms with Crippen LogP contribution in [-0.2, 0) is 4.74 Å². The van der Waals surface area contributed by atoms with E-state index in [1.165, 1.54) is 4.57 Å². The molecule has 2 rings (SSSR count). The molecule has 1 aromatic carbocycles. The van der Waals surface area contributed by atoms with Gasteiger partial charge < -0.3 is 9.47 Å². The summed E-state index contributed by atoms with van der Waals surface area (Å²) in [6, 6.07) is 9.56. The first-order valence-corrected chi connectivity index (χ1v) is 6.45. The van der Waals surface area contributed by atoms with Crippen LogP contribution in [0.2, 0.25) is 0 Å². The molecule has 0 unspecified atom stereocenters. The summed E-state index contributed by atoms with van der Waals surface area (Å²) in [5.41, 5.74) is 1.48. The number of nitrogens with zero attached hydrogens (tertiary/aromatic N) is 1. The Morgan fingerprint density at radius 1 is 1.05 bits per heavy atom. The Morgan fingerprint density at radius 3 is 2.25 bits per heavy atom. The first-order chi connectivity index (χ1) is 9.39. The zero-order chi connectivity index (χ0) is 14.8. The summed E-state index contributed by atoms with van der Waals surface area (Å²) in [4.78, 5) is 11.9. The summed E-state index contributed by atoms with van der Waals surface area (Å²) >= 11 is 0. The molecule has 0 fully saturated rings. The summed E-state index contributed by atoms with van der Waals surface area (Å²) in [6.07, 6.45) is 3.08. The van der Waals surface area contributed by atoms with Gasteiger partial charge in [-0.3, -0.25) is 4.57 Å². The number of methoxy groups -OCH3 is 1. The van der Waals surface area contributed by atoms with E-state index in [4.69, 9.17) is 9.47 Å².